The molecule has 4 heteroatoms. The number of carbonyl (C=O) groups is 1. The molecule has 60 valence electrons. The van der Waals surface area contributed by atoms with Crippen LogP contribution in [0.15, 0.2) is 0 Å². The summed E-state index contributed by atoms with van der Waals surface area (Å²) in [6.07, 6.45) is 3.51. The van der Waals surface area contributed by atoms with E-state index in [2.05, 4.69) is 5.32 Å². The Morgan fingerprint density at radius 2 is 2.20 bits per heavy atom. The molecule has 0 aromatic carbocycles. The Hall–Kier alpha value is -0.280. The maximum Gasteiger partial charge on any atom is 0.233 e. The molecule has 1 fully saturated rings. The van der Waals surface area contributed by atoms with E-state index in [1.807, 2.05) is 0 Å². The van der Waals surface area contributed by atoms with Crippen molar-refractivity contribution in [1.29, 1.82) is 0 Å². The van der Waals surface area contributed by atoms with Crippen molar-refractivity contribution in [2.45, 2.75) is 25.3 Å². The Labute approximate surface area is 66.8 Å². The average Bonchev–Trinajstić information content (AvgIpc) is 1.78. The second kappa shape index (κ2) is 4.52. The zero-order valence-electron chi connectivity index (χ0n) is 5.80. The smallest absolute Gasteiger partial charge is 0.233 e. The molecule has 3 nitrogen and oxygen atoms in total. The molecule has 1 saturated carbocycles. The largest absolute Gasteiger partial charge is 0.352 e. The average molecular weight is 165 g/mol. The predicted octanol–water partition coefficient (Wildman–Crippen LogP) is 0.0356. The van der Waals surface area contributed by atoms with Gasteiger partial charge in [0.05, 0.1) is 6.54 Å². The Morgan fingerprint density at radius 3 is 2.50 bits per heavy atom. The third-order valence-electron chi connectivity index (χ3n) is 1.66. The second-order valence-corrected chi connectivity index (χ2v) is 2.40. The van der Waals surface area contributed by atoms with Crippen LogP contribution in [0.2, 0.25) is 0 Å². The molecule has 0 aliphatic heterocycles. The zero-order valence-corrected chi connectivity index (χ0v) is 6.62. The Bertz CT molecular complexity index is 114. The Morgan fingerprint density at radius 1 is 1.60 bits per heavy atom. The molecule has 1 rings (SSSR count). The fourth-order valence-corrected chi connectivity index (χ4v) is 0.839. The summed E-state index contributed by atoms with van der Waals surface area (Å²) in [5, 5.41) is 2.80. The minimum absolute atomic E-state index is 0. The van der Waals surface area contributed by atoms with E-state index >= 15 is 0 Å². The molecule has 0 radical (unpaired) electrons. The minimum Gasteiger partial charge on any atom is -0.352 e. The van der Waals surface area contributed by atoms with E-state index in [-0.39, 0.29) is 24.9 Å². The molecule has 0 saturated heterocycles. The van der Waals surface area contributed by atoms with Gasteiger partial charge in [0.25, 0.3) is 0 Å². The molecule has 1 amide bonds. The lowest BCUT2D eigenvalue weighted by Crippen LogP contribution is -2.42. The van der Waals surface area contributed by atoms with Gasteiger partial charge in [-0.1, -0.05) is 0 Å². The lowest BCUT2D eigenvalue weighted by Gasteiger charge is -2.25. The van der Waals surface area contributed by atoms with Crippen LogP contribution in [0.25, 0.3) is 0 Å². The summed E-state index contributed by atoms with van der Waals surface area (Å²) in [5.74, 6) is -0.0281. The highest BCUT2D eigenvalue weighted by molar-refractivity contribution is 5.85. The molecule has 0 aromatic rings. The third kappa shape index (κ3) is 2.54. The van der Waals surface area contributed by atoms with Crippen LogP contribution in [0.5, 0.6) is 0 Å². The van der Waals surface area contributed by atoms with Crippen LogP contribution in [0.4, 0.5) is 0 Å². The molecule has 10 heavy (non-hydrogen) atoms. The minimum atomic E-state index is -0.0281. The van der Waals surface area contributed by atoms with Gasteiger partial charge in [-0.15, -0.1) is 12.4 Å². The molecule has 1 aliphatic carbocycles. The molecule has 0 spiro atoms. The lowest BCUT2D eigenvalue weighted by atomic mass is 9.93. The number of rotatable bonds is 2. The normalized spacial score (nSPS) is 16.9. The van der Waals surface area contributed by atoms with Crippen LogP contribution >= 0.6 is 12.4 Å². The van der Waals surface area contributed by atoms with Crippen molar-refractivity contribution in [2.24, 2.45) is 5.73 Å². The molecule has 0 bridgehead atoms. The van der Waals surface area contributed by atoms with Crippen molar-refractivity contribution in [3.63, 3.8) is 0 Å². The number of hydrogen-bond acceptors (Lipinski definition) is 2. The van der Waals surface area contributed by atoms with E-state index in [0.29, 0.717) is 6.04 Å². The van der Waals surface area contributed by atoms with Crippen LogP contribution in [0, 0.1) is 0 Å². The summed E-state index contributed by atoms with van der Waals surface area (Å²) in [6.45, 7) is 0.122. The quantitative estimate of drug-likeness (QED) is 0.606. The van der Waals surface area contributed by atoms with Gasteiger partial charge in [-0.05, 0) is 19.3 Å². The first-order valence-electron chi connectivity index (χ1n) is 3.32. The van der Waals surface area contributed by atoms with Crippen molar-refractivity contribution in [2.75, 3.05) is 6.54 Å². The highest BCUT2D eigenvalue weighted by Gasteiger charge is 2.17. The fraction of sp³-hybridized carbons (Fsp3) is 0.833. The Balaban J connectivity index is 0.000000810. The number of halogens is 1. The van der Waals surface area contributed by atoms with E-state index < -0.39 is 0 Å². The monoisotopic (exact) mass is 164 g/mol. The molecule has 3 N–H and O–H groups in total. The number of nitrogens with one attached hydrogen (secondary N) is 1. The topological polar surface area (TPSA) is 55.1 Å². The number of amides is 1. The summed E-state index contributed by atoms with van der Waals surface area (Å²) in [6, 6.07) is 0.432. The van der Waals surface area contributed by atoms with Crippen molar-refractivity contribution >= 4 is 18.3 Å². The van der Waals surface area contributed by atoms with Crippen LogP contribution in [-0.4, -0.2) is 18.5 Å². The molecule has 0 aromatic heterocycles. The zero-order chi connectivity index (χ0) is 6.69. The van der Waals surface area contributed by atoms with Crippen molar-refractivity contribution in [3.8, 4) is 0 Å². The maximum absolute atomic E-state index is 10.6. The predicted molar refractivity (Wildman–Crippen MR) is 42.1 cm³/mol. The first-order chi connectivity index (χ1) is 4.33. The molecule has 1 aliphatic rings. The van der Waals surface area contributed by atoms with Gasteiger partial charge in [0.1, 0.15) is 0 Å². The van der Waals surface area contributed by atoms with Gasteiger partial charge in [-0.25, -0.2) is 0 Å². The van der Waals surface area contributed by atoms with Gasteiger partial charge >= 0.3 is 0 Å². The molecule has 0 atom stereocenters. The van der Waals surface area contributed by atoms with E-state index in [1.165, 1.54) is 6.42 Å². The van der Waals surface area contributed by atoms with Gasteiger partial charge in [-0.2, -0.15) is 0 Å². The standard InChI is InChI=1S/C6H12N2O.ClH/c7-4-6(9)8-5-2-1-3-5;/h5H,1-4,7H2,(H,8,9);1H. The summed E-state index contributed by atoms with van der Waals surface area (Å²) in [7, 11) is 0. The number of nitrogens with two attached hydrogens (primary N) is 1. The molecule has 0 unspecified atom stereocenters. The summed E-state index contributed by atoms with van der Waals surface area (Å²) in [4.78, 5) is 10.6. The molecular formula is C6H13ClN2O. The van der Waals surface area contributed by atoms with Gasteiger partial charge in [0.15, 0.2) is 0 Å². The van der Waals surface area contributed by atoms with Gasteiger partial charge in [-0.3, -0.25) is 4.79 Å². The first kappa shape index (κ1) is 9.72. The van der Waals surface area contributed by atoms with Crippen LogP contribution in [0.3, 0.4) is 0 Å². The highest BCUT2D eigenvalue weighted by atomic mass is 35.5. The fourth-order valence-electron chi connectivity index (χ4n) is 0.839. The van der Waals surface area contributed by atoms with Gasteiger partial charge in [0, 0.05) is 6.04 Å². The first-order valence-corrected chi connectivity index (χ1v) is 3.32. The van der Waals surface area contributed by atoms with Crippen molar-refractivity contribution in [1.82, 2.24) is 5.32 Å². The molecular weight excluding hydrogens is 152 g/mol. The maximum atomic E-state index is 10.6. The van der Waals surface area contributed by atoms with E-state index in [0.717, 1.165) is 12.8 Å². The molecule has 0 heterocycles. The second-order valence-electron chi connectivity index (χ2n) is 2.40. The van der Waals surface area contributed by atoms with Crippen LogP contribution < -0.4 is 11.1 Å². The number of carbonyl (C=O) groups excluding carboxylic acids is 1. The lowest BCUT2D eigenvalue weighted by molar-refractivity contribution is -0.120. The SMILES string of the molecule is Cl.NCC(=O)NC1CCC1. The Kier molecular flexibility index (Phi) is 4.40. The van der Waals surface area contributed by atoms with Crippen LogP contribution in [0.1, 0.15) is 19.3 Å². The van der Waals surface area contributed by atoms with E-state index in [4.69, 9.17) is 5.73 Å². The van der Waals surface area contributed by atoms with E-state index in [9.17, 15) is 4.79 Å². The van der Waals surface area contributed by atoms with E-state index in [1.54, 1.807) is 0 Å². The third-order valence-corrected chi connectivity index (χ3v) is 1.66. The van der Waals surface area contributed by atoms with Crippen molar-refractivity contribution < 1.29 is 4.79 Å². The van der Waals surface area contributed by atoms with Gasteiger partial charge in [0.2, 0.25) is 5.91 Å². The highest BCUT2D eigenvalue weighted by Crippen LogP contribution is 2.17. The van der Waals surface area contributed by atoms with Crippen LogP contribution in [-0.2, 0) is 4.79 Å². The van der Waals surface area contributed by atoms with Gasteiger partial charge < -0.3 is 11.1 Å². The summed E-state index contributed by atoms with van der Waals surface area (Å²) >= 11 is 0. The summed E-state index contributed by atoms with van der Waals surface area (Å²) < 4.78 is 0. The number of hydrogen-bond donors (Lipinski definition) is 2. The van der Waals surface area contributed by atoms with Crippen molar-refractivity contribution in [3.05, 3.63) is 0 Å². The summed E-state index contributed by atoms with van der Waals surface area (Å²) in [5.41, 5.74) is 5.09.